The van der Waals surface area contributed by atoms with E-state index in [0.29, 0.717) is 11.4 Å². The lowest BCUT2D eigenvalue weighted by atomic mass is 10.1. The fourth-order valence-corrected chi connectivity index (χ4v) is 1.36. The summed E-state index contributed by atoms with van der Waals surface area (Å²) in [6.07, 6.45) is 1.39. The summed E-state index contributed by atoms with van der Waals surface area (Å²) < 4.78 is 4.63. The molecule has 0 atom stereocenters. The average Bonchev–Trinajstić information content (AvgIpc) is 2.89. The Labute approximate surface area is 104 Å². The van der Waals surface area contributed by atoms with Crippen LogP contribution in [0.25, 0.3) is 0 Å². The van der Waals surface area contributed by atoms with Crippen molar-refractivity contribution in [3.63, 3.8) is 0 Å². The van der Waals surface area contributed by atoms with Gasteiger partial charge in [-0.25, -0.2) is 0 Å². The molecule has 1 aromatic carbocycles. The molecule has 0 bridgehead atoms. The zero-order valence-electron chi connectivity index (χ0n) is 9.51. The fourth-order valence-electron chi connectivity index (χ4n) is 1.36. The molecular formula is C13H11N3O2. The molecule has 90 valence electrons. The van der Waals surface area contributed by atoms with Gasteiger partial charge in [0.05, 0.1) is 6.54 Å². The molecule has 2 rings (SSSR count). The largest absolute Gasteiger partial charge is 0.363 e. The molecule has 1 aromatic heterocycles. The highest BCUT2D eigenvalue weighted by Crippen LogP contribution is 2.08. The highest BCUT2D eigenvalue weighted by molar-refractivity contribution is 6.03. The second-order valence-corrected chi connectivity index (χ2v) is 3.43. The number of hydrogen-bond acceptors (Lipinski definition) is 4. The van der Waals surface area contributed by atoms with E-state index in [9.17, 15) is 4.79 Å². The van der Waals surface area contributed by atoms with Crippen LogP contribution in [0.2, 0.25) is 0 Å². The molecule has 3 N–H and O–H groups in total. The number of carbonyl (C=O) groups is 1. The van der Waals surface area contributed by atoms with Crippen LogP contribution in [-0.4, -0.2) is 17.6 Å². The predicted molar refractivity (Wildman–Crippen MR) is 66.8 cm³/mol. The molecule has 0 radical (unpaired) electrons. The first-order valence-corrected chi connectivity index (χ1v) is 5.30. The minimum absolute atomic E-state index is 0.264. The van der Waals surface area contributed by atoms with E-state index in [4.69, 9.17) is 5.73 Å². The van der Waals surface area contributed by atoms with Gasteiger partial charge in [-0.15, -0.1) is 0 Å². The van der Waals surface area contributed by atoms with Gasteiger partial charge in [0.1, 0.15) is 6.26 Å². The van der Waals surface area contributed by atoms with Gasteiger partial charge in [-0.3, -0.25) is 4.79 Å². The van der Waals surface area contributed by atoms with Gasteiger partial charge in [0, 0.05) is 17.2 Å². The number of nitrogens with zero attached hydrogens (tertiary/aromatic N) is 1. The van der Waals surface area contributed by atoms with Gasteiger partial charge in [-0.1, -0.05) is 23.1 Å². The Balaban J connectivity index is 2.15. The maximum atomic E-state index is 11.9. The number of amides is 1. The zero-order valence-corrected chi connectivity index (χ0v) is 9.51. The number of nitrogens with two attached hydrogens (primary N) is 1. The van der Waals surface area contributed by atoms with E-state index in [1.807, 2.05) is 6.07 Å². The van der Waals surface area contributed by atoms with E-state index in [-0.39, 0.29) is 12.5 Å². The monoisotopic (exact) mass is 241 g/mol. The maximum absolute atomic E-state index is 11.9. The first-order chi connectivity index (χ1) is 8.79. The van der Waals surface area contributed by atoms with E-state index >= 15 is 0 Å². The van der Waals surface area contributed by atoms with Crippen molar-refractivity contribution >= 4 is 11.7 Å². The van der Waals surface area contributed by atoms with Crippen LogP contribution < -0.4 is 11.1 Å². The van der Waals surface area contributed by atoms with E-state index in [0.717, 1.165) is 5.56 Å². The number of carbonyl (C=O) groups excluding carboxylic acids is 1. The first-order valence-electron chi connectivity index (χ1n) is 5.30. The van der Waals surface area contributed by atoms with Gasteiger partial charge in [0.25, 0.3) is 5.91 Å². The number of rotatable bonds is 2. The molecular weight excluding hydrogens is 230 g/mol. The van der Waals surface area contributed by atoms with Gasteiger partial charge < -0.3 is 15.6 Å². The lowest BCUT2D eigenvalue weighted by Crippen LogP contribution is -2.12. The van der Waals surface area contributed by atoms with Gasteiger partial charge in [-0.05, 0) is 18.2 Å². The van der Waals surface area contributed by atoms with Crippen LogP contribution in [0.4, 0.5) is 5.82 Å². The average molecular weight is 241 g/mol. The van der Waals surface area contributed by atoms with E-state index in [1.54, 1.807) is 24.3 Å². The Morgan fingerprint density at radius 2 is 2.33 bits per heavy atom. The quantitative estimate of drug-likeness (QED) is 0.775. The number of hydrogen-bond donors (Lipinski definition) is 2. The Hall–Kier alpha value is -2.58. The lowest BCUT2D eigenvalue weighted by molar-refractivity contribution is 0.102. The standard InChI is InChI=1S/C13H11N3O2/c14-7-2-4-10-3-1-5-11(9-10)13(17)15-12-6-8-18-16-12/h1,3,5-6,8-9H,7,14H2,(H,15,16,17). The summed E-state index contributed by atoms with van der Waals surface area (Å²) in [5, 5.41) is 6.21. The highest BCUT2D eigenvalue weighted by atomic mass is 16.5. The second-order valence-electron chi connectivity index (χ2n) is 3.43. The van der Waals surface area contributed by atoms with Crippen LogP contribution in [0.5, 0.6) is 0 Å². The maximum Gasteiger partial charge on any atom is 0.256 e. The van der Waals surface area contributed by atoms with Crippen LogP contribution in [0.1, 0.15) is 15.9 Å². The van der Waals surface area contributed by atoms with E-state index < -0.39 is 0 Å². The van der Waals surface area contributed by atoms with Crippen molar-refractivity contribution in [1.29, 1.82) is 0 Å². The minimum Gasteiger partial charge on any atom is -0.363 e. The van der Waals surface area contributed by atoms with Crippen LogP contribution in [0, 0.1) is 11.8 Å². The van der Waals surface area contributed by atoms with Crippen molar-refractivity contribution in [2.45, 2.75) is 0 Å². The molecule has 1 heterocycles. The summed E-state index contributed by atoms with van der Waals surface area (Å²) in [6, 6.07) is 8.53. The molecule has 1 amide bonds. The molecule has 0 aliphatic carbocycles. The van der Waals surface area contributed by atoms with Crippen molar-refractivity contribution < 1.29 is 9.32 Å². The second kappa shape index (κ2) is 5.66. The van der Waals surface area contributed by atoms with Crippen LogP contribution in [0.15, 0.2) is 41.1 Å². The Bertz CT molecular complexity index is 594. The molecule has 2 aromatic rings. The topological polar surface area (TPSA) is 81.2 Å². The SMILES string of the molecule is NCC#Cc1cccc(C(=O)Nc2ccon2)c1. The number of benzene rings is 1. The van der Waals surface area contributed by atoms with Crippen LogP contribution >= 0.6 is 0 Å². The molecule has 5 heteroatoms. The summed E-state index contributed by atoms with van der Waals surface area (Å²) >= 11 is 0. The molecule has 5 nitrogen and oxygen atoms in total. The van der Waals surface area contributed by atoms with E-state index in [1.165, 1.54) is 6.26 Å². The number of anilines is 1. The Morgan fingerprint density at radius 3 is 3.06 bits per heavy atom. The Kier molecular flexibility index (Phi) is 3.74. The molecule has 0 fully saturated rings. The van der Waals surface area contributed by atoms with Crippen molar-refractivity contribution in [2.75, 3.05) is 11.9 Å². The van der Waals surface area contributed by atoms with Crippen LogP contribution in [-0.2, 0) is 0 Å². The molecule has 0 spiro atoms. The highest BCUT2D eigenvalue weighted by Gasteiger charge is 2.07. The summed E-state index contributed by atoms with van der Waals surface area (Å²) in [4.78, 5) is 11.9. The van der Waals surface area contributed by atoms with E-state index in [2.05, 4.69) is 26.8 Å². The third kappa shape index (κ3) is 2.97. The van der Waals surface area contributed by atoms with Crippen molar-refractivity contribution in [3.8, 4) is 11.8 Å². The lowest BCUT2D eigenvalue weighted by Gasteiger charge is -2.01. The molecule has 0 aliphatic rings. The van der Waals surface area contributed by atoms with Crippen LogP contribution in [0.3, 0.4) is 0 Å². The summed E-state index contributed by atoms with van der Waals surface area (Å²) in [7, 11) is 0. The predicted octanol–water partition coefficient (Wildman–Crippen LogP) is 1.24. The summed E-state index contributed by atoms with van der Waals surface area (Å²) in [6.45, 7) is 0.287. The molecule has 0 saturated carbocycles. The van der Waals surface area contributed by atoms with Crippen molar-refractivity contribution in [2.24, 2.45) is 5.73 Å². The number of nitrogens with one attached hydrogen (secondary N) is 1. The molecule has 0 unspecified atom stereocenters. The fraction of sp³-hybridized carbons (Fsp3) is 0.0769. The smallest absolute Gasteiger partial charge is 0.256 e. The zero-order chi connectivity index (χ0) is 12.8. The van der Waals surface area contributed by atoms with Gasteiger partial charge in [0.2, 0.25) is 0 Å². The van der Waals surface area contributed by atoms with Gasteiger partial charge >= 0.3 is 0 Å². The summed E-state index contributed by atoms with van der Waals surface area (Å²) in [5.74, 6) is 5.71. The molecule has 0 aliphatic heterocycles. The summed E-state index contributed by atoms with van der Waals surface area (Å²) in [5.41, 5.74) is 6.54. The molecule has 18 heavy (non-hydrogen) atoms. The third-order valence-corrected chi connectivity index (χ3v) is 2.14. The van der Waals surface area contributed by atoms with Crippen molar-refractivity contribution in [1.82, 2.24) is 5.16 Å². The Morgan fingerprint density at radius 1 is 1.44 bits per heavy atom. The van der Waals surface area contributed by atoms with Gasteiger partial charge in [-0.2, -0.15) is 0 Å². The van der Waals surface area contributed by atoms with Crippen molar-refractivity contribution in [3.05, 3.63) is 47.7 Å². The number of aromatic nitrogens is 1. The molecule has 0 saturated heterocycles. The normalized spacial score (nSPS) is 9.39. The third-order valence-electron chi connectivity index (χ3n) is 2.14. The minimum atomic E-state index is -0.264. The van der Waals surface area contributed by atoms with Gasteiger partial charge in [0.15, 0.2) is 5.82 Å². The first kappa shape index (κ1) is 11.9.